The third kappa shape index (κ3) is 9.09. The second-order valence-electron chi connectivity index (χ2n) is 5.02. The molecule has 0 aromatic heterocycles. The minimum Gasteiger partial charge on any atom is -0.395 e. The highest BCUT2D eigenvalue weighted by Crippen LogP contribution is 2.00. The quantitative estimate of drug-likeness (QED) is 0.644. The standard InChI is InChI=1S/C12H26N2O3/c1-12(2,3)13-6-5-11(16)14(7-9-15)8-10-17-4/h13,15H,5-10H2,1-4H3. The van der Waals surface area contributed by atoms with Gasteiger partial charge in [0.25, 0.3) is 0 Å². The van der Waals surface area contributed by atoms with Gasteiger partial charge in [-0.15, -0.1) is 0 Å². The van der Waals surface area contributed by atoms with Crippen LogP contribution in [0.4, 0.5) is 0 Å². The molecule has 0 radical (unpaired) electrons. The Morgan fingerprint density at radius 1 is 1.35 bits per heavy atom. The minimum absolute atomic E-state index is 0.0118. The van der Waals surface area contributed by atoms with E-state index < -0.39 is 0 Å². The summed E-state index contributed by atoms with van der Waals surface area (Å²) in [4.78, 5) is 13.5. The summed E-state index contributed by atoms with van der Waals surface area (Å²) in [5, 5.41) is 12.2. The first-order valence-electron chi connectivity index (χ1n) is 6.03. The van der Waals surface area contributed by atoms with Gasteiger partial charge in [0, 0.05) is 38.7 Å². The first-order chi connectivity index (χ1) is 7.90. The fourth-order valence-corrected chi connectivity index (χ4v) is 1.39. The maximum absolute atomic E-state index is 11.8. The van der Waals surface area contributed by atoms with E-state index in [1.807, 2.05) is 0 Å². The number of hydrogen-bond acceptors (Lipinski definition) is 4. The summed E-state index contributed by atoms with van der Waals surface area (Å²) < 4.78 is 4.94. The van der Waals surface area contributed by atoms with Gasteiger partial charge < -0.3 is 20.1 Å². The number of aliphatic hydroxyl groups is 1. The van der Waals surface area contributed by atoms with Crippen molar-refractivity contribution < 1.29 is 14.6 Å². The Balaban J connectivity index is 3.96. The van der Waals surface area contributed by atoms with Crippen molar-refractivity contribution in [2.45, 2.75) is 32.7 Å². The summed E-state index contributed by atoms with van der Waals surface area (Å²) in [5.41, 5.74) is 0.0224. The number of methoxy groups -OCH3 is 1. The summed E-state index contributed by atoms with van der Waals surface area (Å²) in [6.07, 6.45) is 0.445. The second kappa shape index (κ2) is 8.44. The van der Waals surface area contributed by atoms with Crippen LogP contribution in [0.3, 0.4) is 0 Å². The van der Waals surface area contributed by atoms with E-state index in [4.69, 9.17) is 9.84 Å². The number of carbonyl (C=O) groups excluding carboxylic acids is 1. The predicted octanol–water partition coefficient (Wildman–Crippen LogP) is 0.232. The van der Waals surface area contributed by atoms with Crippen molar-refractivity contribution in [3.8, 4) is 0 Å². The number of rotatable bonds is 8. The van der Waals surface area contributed by atoms with E-state index in [0.29, 0.717) is 32.7 Å². The smallest absolute Gasteiger partial charge is 0.224 e. The normalized spacial score (nSPS) is 11.6. The first kappa shape index (κ1) is 16.4. The summed E-state index contributed by atoms with van der Waals surface area (Å²) >= 11 is 0. The van der Waals surface area contributed by atoms with Crippen LogP contribution >= 0.6 is 0 Å². The van der Waals surface area contributed by atoms with Crippen LogP contribution in [-0.2, 0) is 9.53 Å². The molecule has 0 saturated carbocycles. The van der Waals surface area contributed by atoms with Crippen LogP contribution in [0.25, 0.3) is 0 Å². The average Bonchev–Trinajstić information content (AvgIpc) is 2.22. The maximum atomic E-state index is 11.8. The molecule has 0 spiro atoms. The molecule has 0 heterocycles. The molecular weight excluding hydrogens is 220 g/mol. The van der Waals surface area contributed by atoms with Crippen LogP contribution in [0, 0.1) is 0 Å². The monoisotopic (exact) mass is 246 g/mol. The van der Waals surface area contributed by atoms with Crippen molar-refractivity contribution in [1.29, 1.82) is 0 Å². The number of ether oxygens (including phenoxy) is 1. The van der Waals surface area contributed by atoms with Gasteiger partial charge in [0.15, 0.2) is 0 Å². The first-order valence-corrected chi connectivity index (χ1v) is 6.03. The highest BCUT2D eigenvalue weighted by molar-refractivity contribution is 5.76. The molecule has 2 N–H and O–H groups in total. The summed E-state index contributed by atoms with van der Waals surface area (Å²) in [6.45, 7) is 8.23. The van der Waals surface area contributed by atoms with Gasteiger partial charge in [-0.2, -0.15) is 0 Å². The molecule has 0 aliphatic rings. The molecular formula is C12H26N2O3. The Bertz CT molecular complexity index is 214. The largest absolute Gasteiger partial charge is 0.395 e. The Labute approximate surface area is 104 Å². The van der Waals surface area contributed by atoms with E-state index in [0.717, 1.165) is 0 Å². The van der Waals surface area contributed by atoms with Gasteiger partial charge in [-0.05, 0) is 20.8 Å². The zero-order chi connectivity index (χ0) is 13.3. The number of hydrogen-bond donors (Lipinski definition) is 2. The van der Waals surface area contributed by atoms with E-state index in [2.05, 4.69) is 26.1 Å². The Kier molecular flexibility index (Phi) is 8.12. The predicted molar refractivity (Wildman–Crippen MR) is 67.9 cm³/mol. The molecule has 0 saturated heterocycles. The molecule has 102 valence electrons. The number of carbonyl (C=O) groups is 1. The summed E-state index contributed by atoms with van der Waals surface area (Å²) in [5.74, 6) is 0.0489. The van der Waals surface area contributed by atoms with Crippen molar-refractivity contribution in [1.82, 2.24) is 10.2 Å². The Morgan fingerprint density at radius 2 is 2.00 bits per heavy atom. The van der Waals surface area contributed by atoms with Crippen LogP contribution in [0.5, 0.6) is 0 Å². The fraction of sp³-hybridized carbons (Fsp3) is 0.917. The van der Waals surface area contributed by atoms with Gasteiger partial charge in [0.1, 0.15) is 0 Å². The second-order valence-corrected chi connectivity index (χ2v) is 5.02. The van der Waals surface area contributed by atoms with Crippen LogP contribution in [0.1, 0.15) is 27.2 Å². The van der Waals surface area contributed by atoms with E-state index in [1.165, 1.54) is 0 Å². The van der Waals surface area contributed by atoms with Crippen LogP contribution in [0.2, 0.25) is 0 Å². The lowest BCUT2D eigenvalue weighted by Gasteiger charge is -2.24. The zero-order valence-electron chi connectivity index (χ0n) is 11.5. The Hall–Kier alpha value is -0.650. The molecule has 5 nitrogen and oxygen atoms in total. The third-order valence-electron chi connectivity index (χ3n) is 2.28. The van der Waals surface area contributed by atoms with Crippen molar-refractivity contribution in [2.24, 2.45) is 0 Å². The molecule has 17 heavy (non-hydrogen) atoms. The van der Waals surface area contributed by atoms with E-state index in [1.54, 1.807) is 12.0 Å². The molecule has 0 aromatic carbocycles. The molecule has 0 bridgehead atoms. The molecule has 0 aliphatic carbocycles. The topological polar surface area (TPSA) is 61.8 Å². The lowest BCUT2D eigenvalue weighted by atomic mass is 10.1. The molecule has 0 aliphatic heterocycles. The number of amides is 1. The zero-order valence-corrected chi connectivity index (χ0v) is 11.5. The fourth-order valence-electron chi connectivity index (χ4n) is 1.39. The van der Waals surface area contributed by atoms with Gasteiger partial charge in [-0.1, -0.05) is 0 Å². The minimum atomic E-state index is -0.0118. The third-order valence-corrected chi connectivity index (χ3v) is 2.28. The van der Waals surface area contributed by atoms with Gasteiger partial charge in [-0.25, -0.2) is 0 Å². The van der Waals surface area contributed by atoms with Gasteiger partial charge in [-0.3, -0.25) is 4.79 Å². The molecule has 0 fully saturated rings. The van der Waals surface area contributed by atoms with Crippen LogP contribution < -0.4 is 5.32 Å². The summed E-state index contributed by atoms with van der Waals surface area (Å²) in [6, 6.07) is 0. The number of aliphatic hydroxyl groups excluding tert-OH is 1. The van der Waals surface area contributed by atoms with E-state index in [9.17, 15) is 4.79 Å². The SMILES string of the molecule is COCCN(CCO)C(=O)CCNC(C)(C)C. The molecule has 0 aromatic rings. The van der Waals surface area contributed by atoms with Crippen molar-refractivity contribution >= 4 is 5.91 Å². The molecule has 0 atom stereocenters. The lowest BCUT2D eigenvalue weighted by Crippen LogP contribution is -2.41. The molecule has 0 rings (SSSR count). The maximum Gasteiger partial charge on any atom is 0.224 e. The summed E-state index contributed by atoms with van der Waals surface area (Å²) in [7, 11) is 1.60. The van der Waals surface area contributed by atoms with Crippen molar-refractivity contribution in [2.75, 3.05) is 40.0 Å². The van der Waals surface area contributed by atoms with Gasteiger partial charge >= 0.3 is 0 Å². The van der Waals surface area contributed by atoms with Gasteiger partial charge in [0.2, 0.25) is 5.91 Å². The highest BCUT2D eigenvalue weighted by atomic mass is 16.5. The number of nitrogens with one attached hydrogen (secondary N) is 1. The van der Waals surface area contributed by atoms with Crippen LogP contribution in [0.15, 0.2) is 0 Å². The van der Waals surface area contributed by atoms with Crippen LogP contribution in [-0.4, -0.2) is 61.4 Å². The van der Waals surface area contributed by atoms with E-state index >= 15 is 0 Å². The average molecular weight is 246 g/mol. The molecule has 5 heteroatoms. The Morgan fingerprint density at radius 3 is 2.47 bits per heavy atom. The van der Waals surface area contributed by atoms with Crippen molar-refractivity contribution in [3.05, 3.63) is 0 Å². The van der Waals surface area contributed by atoms with E-state index in [-0.39, 0.29) is 18.1 Å². The van der Waals surface area contributed by atoms with Gasteiger partial charge in [0.05, 0.1) is 13.2 Å². The highest BCUT2D eigenvalue weighted by Gasteiger charge is 2.14. The molecule has 0 unspecified atom stereocenters. The molecule has 1 amide bonds. The lowest BCUT2D eigenvalue weighted by molar-refractivity contribution is -0.132. The number of nitrogens with zero attached hydrogens (tertiary/aromatic N) is 1. The van der Waals surface area contributed by atoms with Crippen molar-refractivity contribution in [3.63, 3.8) is 0 Å².